The Morgan fingerprint density at radius 1 is 1.14 bits per heavy atom. The Bertz CT molecular complexity index is 957. The molecule has 2 aromatic carbocycles. The second-order valence-corrected chi connectivity index (χ2v) is 9.44. The van der Waals surface area contributed by atoms with Gasteiger partial charge >= 0.3 is 0 Å². The average Bonchev–Trinajstić information content (AvgIpc) is 2.98. The summed E-state index contributed by atoms with van der Waals surface area (Å²) in [5.74, 6) is 0.923. The second-order valence-electron chi connectivity index (χ2n) is 7.37. The Kier molecular flexibility index (Phi) is 7.73. The van der Waals surface area contributed by atoms with Gasteiger partial charge in [-0.15, -0.1) is 24.0 Å². The van der Waals surface area contributed by atoms with Gasteiger partial charge in [-0.25, -0.2) is 9.98 Å². The van der Waals surface area contributed by atoms with Crippen molar-refractivity contribution in [1.82, 2.24) is 0 Å². The molecular formula is C22H24BrClIN3S. The topological polar surface area (TPSA) is 28.0 Å². The zero-order valence-corrected chi connectivity index (χ0v) is 22.0. The van der Waals surface area contributed by atoms with Gasteiger partial charge in [-0.3, -0.25) is 0 Å². The van der Waals surface area contributed by atoms with E-state index < -0.39 is 0 Å². The van der Waals surface area contributed by atoms with Crippen LogP contribution in [0, 0.1) is 6.92 Å². The summed E-state index contributed by atoms with van der Waals surface area (Å²) in [6, 6.07) is 14.3. The summed E-state index contributed by atoms with van der Waals surface area (Å²) in [5.41, 5.74) is 3.04. The number of nitrogens with zero attached hydrogens (tertiary/aromatic N) is 3. The Morgan fingerprint density at radius 2 is 1.90 bits per heavy atom. The lowest BCUT2D eigenvalue weighted by atomic mass is 9.79. The molecule has 7 heteroatoms. The first-order valence-electron chi connectivity index (χ1n) is 9.57. The first kappa shape index (κ1) is 23.1. The molecule has 1 aliphatic heterocycles. The molecule has 1 saturated carbocycles. The minimum Gasteiger partial charge on any atom is -0.307 e. The van der Waals surface area contributed by atoms with Gasteiger partial charge in [-0.1, -0.05) is 70.7 Å². The van der Waals surface area contributed by atoms with Crippen LogP contribution in [-0.2, 0) is 0 Å². The van der Waals surface area contributed by atoms with Crippen LogP contribution in [0.3, 0.4) is 0 Å². The van der Waals surface area contributed by atoms with Crippen molar-refractivity contribution in [3.05, 3.63) is 57.5 Å². The Hall–Kier alpha value is -0.570. The Balaban J connectivity index is 0.00000240. The SMILES string of the molecule is CSC1=NC(=Nc2ccc(C)c(Br)c2)C2(CCCCC2)N1c1cccc(Cl)c1.I. The molecule has 0 N–H and O–H groups in total. The maximum atomic E-state index is 6.33. The lowest BCUT2D eigenvalue weighted by Crippen LogP contribution is -2.52. The smallest absolute Gasteiger partial charge is 0.170 e. The third-order valence-electron chi connectivity index (χ3n) is 5.56. The van der Waals surface area contributed by atoms with E-state index in [-0.39, 0.29) is 29.5 Å². The van der Waals surface area contributed by atoms with Crippen LogP contribution in [0.2, 0.25) is 5.02 Å². The van der Waals surface area contributed by atoms with E-state index in [1.165, 1.54) is 24.8 Å². The second kappa shape index (κ2) is 9.71. The van der Waals surface area contributed by atoms with Crippen LogP contribution >= 0.6 is 63.3 Å². The molecule has 2 aliphatic rings. The van der Waals surface area contributed by atoms with Crippen molar-refractivity contribution in [1.29, 1.82) is 0 Å². The van der Waals surface area contributed by atoms with E-state index in [1.807, 2.05) is 18.2 Å². The lowest BCUT2D eigenvalue weighted by molar-refractivity contribution is 0.385. The van der Waals surface area contributed by atoms with Crippen LogP contribution in [0.4, 0.5) is 11.4 Å². The number of anilines is 1. The summed E-state index contributed by atoms with van der Waals surface area (Å²) >= 11 is 11.6. The van der Waals surface area contributed by atoms with E-state index in [0.717, 1.165) is 44.7 Å². The van der Waals surface area contributed by atoms with E-state index in [2.05, 4.69) is 58.3 Å². The van der Waals surface area contributed by atoms with Gasteiger partial charge in [0.1, 0.15) is 5.54 Å². The summed E-state index contributed by atoms with van der Waals surface area (Å²) in [5, 5.41) is 1.74. The fraction of sp³-hybridized carbons (Fsp3) is 0.364. The summed E-state index contributed by atoms with van der Waals surface area (Å²) in [6.45, 7) is 2.09. The van der Waals surface area contributed by atoms with Crippen molar-refractivity contribution in [3.8, 4) is 0 Å². The molecule has 0 radical (unpaired) electrons. The standard InChI is InChI=1S/C22H23BrClN3S.HI/c1-15-9-10-17(14-19(15)23)25-20-22(11-4-3-5-12-22)27(21(26-20)28-2)18-8-6-7-16(24)13-18;/h6-10,13-14H,3-5,11-12H2,1-2H3;1H. The molecule has 154 valence electrons. The molecule has 0 unspecified atom stereocenters. The highest BCUT2D eigenvalue weighted by Crippen LogP contribution is 2.44. The predicted molar refractivity (Wildman–Crippen MR) is 142 cm³/mol. The van der Waals surface area contributed by atoms with Crippen molar-refractivity contribution in [2.24, 2.45) is 9.98 Å². The lowest BCUT2D eigenvalue weighted by Gasteiger charge is -2.42. The van der Waals surface area contributed by atoms with E-state index in [9.17, 15) is 0 Å². The van der Waals surface area contributed by atoms with E-state index in [0.29, 0.717) is 0 Å². The van der Waals surface area contributed by atoms with Crippen molar-refractivity contribution in [3.63, 3.8) is 0 Å². The van der Waals surface area contributed by atoms with Gasteiger partial charge in [0.15, 0.2) is 11.0 Å². The molecule has 1 spiro atoms. The van der Waals surface area contributed by atoms with Crippen molar-refractivity contribution in [2.75, 3.05) is 11.2 Å². The largest absolute Gasteiger partial charge is 0.307 e. The Labute approximate surface area is 207 Å². The van der Waals surface area contributed by atoms with Gasteiger partial charge in [-0.05, 0) is 61.9 Å². The monoisotopic (exact) mass is 603 g/mol. The molecule has 0 bridgehead atoms. The van der Waals surface area contributed by atoms with Crippen LogP contribution < -0.4 is 4.90 Å². The van der Waals surface area contributed by atoms with Crippen LogP contribution in [0.25, 0.3) is 0 Å². The van der Waals surface area contributed by atoms with E-state index in [1.54, 1.807) is 11.8 Å². The molecule has 0 amide bonds. The number of halogens is 3. The minimum atomic E-state index is -0.196. The number of hydrogen-bond donors (Lipinski definition) is 0. The number of benzene rings is 2. The highest BCUT2D eigenvalue weighted by Gasteiger charge is 2.49. The quantitative estimate of drug-likeness (QED) is 0.325. The van der Waals surface area contributed by atoms with E-state index >= 15 is 0 Å². The Morgan fingerprint density at radius 3 is 2.55 bits per heavy atom. The normalized spacial score (nSPS) is 19.4. The number of rotatable bonds is 2. The number of amidine groups is 2. The molecule has 29 heavy (non-hydrogen) atoms. The van der Waals surface area contributed by atoms with Crippen molar-refractivity contribution in [2.45, 2.75) is 44.6 Å². The molecule has 2 aromatic rings. The number of aryl methyl sites for hydroxylation is 1. The van der Waals surface area contributed by atoms with Gasteiger partial charge in [0.25, 0.3) is 0 Å². The van der Waals surface area contributed by atoms with Gasteiger partial charge in [0, 0.05) is 15.2 Å². The molecule has 4 rings (SSSR count). The minimum absolute atomic E-state index is 0. The third kappa shape index (κ3) is 4.55. The highest BCUT2D eigenvalue weighted by molar-refractivity contribution is 14.0. The summed E-state index contributed by atoms with van der Waals surface area (Å²) in [6.07, 6.45) is 7.83. The average molecular weight is 605 g/mol. The zero-order valence-electron chi connectivity index (χ0n) is 16.5. The fourth-order valence-electron chi connectivity index (χ4n) is 4.12. The molecule has 0 saturated heterocycles. The maximum absolute atomic E-state index is 6.33. The van der Waals surface area contributed by atoms with Crippen LogP contribution in [0.5, 0.6) is 0 Å². The molecule has 1 aliphatic carbocycles. The molecule has 1 heterocycles. The zero-order chi connectivity index (χ0) is 19.7. The summed E-state index contributed by atoms with van der Waals surface area (Å²) in [4.78, 5) is 12.4. The fourth-order valence-corrected chi connectivity index (χ4v) is 5.32. The van der Waals surface area contributed by atoms with Gasteiger partial charge in [0.2, 0.25) is 0 Å². The van der Waals surface area contributed by atoms with Crippen LogP contribution in [-0.4, -0.2) is 22.8 Å². The highest BCUT2D eigenvalue weighted by atomic mass is 127. The first-order valence-corrected chi connectivity index (χ1v) is 12.0. The predicted octanol–water partition coefficient (Wildman–Crippen LogP) is 8.00. The molecule has 1 fully saturated rings. The summed E-state index contributed by atoms with van der Waals surface area (Å²) < 4.78 is 1.07. The van der Waals surface area contributed by atoms with Crippen LogP contribution in [0.15, 0.2) is 56.9 Å². The number of thioether (sulfide) groups is 1. The van der Waals surface area contributed by atoms with E-state index in [4.69, 9.17) is 21.6 Å². The van der Waals surface area contributed by atoms with Gasteiger partial charge < -0.3 is 4.90 Å². The molecule has 0 atom stereocenters. The molecule has 0 aromatic heterocycles. The number of aliphatic imine (C=N–C) groups is 2. The van der Waals surface area contributed by atoms with Gasteiger partial charge in [-0.2, -0.15) is 0 Å². The molecular weight excluding hydrogens is 581 g/mol. The summed E-state index contributed by atoms with van der Waals surface area (Å²) in [7, 11) is 0. The molecule has 3 nitrogen and oxygen atoms in total. The third-order valence-corrected chi connectivity index (χ3v) is 7.29. The first-order chi connectivity index (χ1) is 13.5. The van der Waals surface area contributed by atoms with Gasteiger partial charge in [0.05, 0.1) is 5.69 Å². The van der Waals surface area contributed by atoms with Crippen molar-refractivity contribution >= 4 is 85.6 Å². The van der Waals surface area contributed by atoms with Crippen LogP contribution in [0.1, 0.15) is 37.7 Å². The van der Waals surface area contributed by atoms with Crippen molar-refractivity contribution < 1.29 is 0 Å². The maximum Gasteiger partial charge on any atom is 0.170 e. The number of hydrogen-bond acceptors (Lipinski definition) is 3.